The molecule has 0 aliphatic heterocycles. The van der Waals surface area contributed by atoms with Gasteiger partial charge in [0.05, 0.1) is 11.4 Å². The minimum atomic E-state index is 0.698. The quantitative estimate of drug-likeness (QED) is 0.124. The molecule has 0 saturated carbocycles. The average Bonchev–Trinajstić information content (AvgIpc) is 3.35. The largest absolute Gasteiger partial charge is 0.228 e. The average molecular weight is 787 g/mol. The maximum Gasteiger partial charge on any atom is 0.160 e. The molecule has 12 rings (SSSR count). The zero-order valence-corrected chi connectivity index (χ0v) is 33.8. The normalized spacial score (nSPS) is 11.5. The predicted octanol–water partition coefficient (Wildman–Crippen LogP) is 16.2. The van der Waals surface area contributed by atoms with E-state index in [1.165, 1.54) is 81.9 Å². The van der Waals surface area contributed by atoms with Crippen LogP contribution in [0, 0.1) is 0 Å². The molecule has 62 heavy (non-hydrogen) atoms. The van der Waals surface area contributed by atoms with Gasteiger partial charge in [0.1, 0.15) is 0 Å². The van der Waals surface area contributed by atoms with Crippen molar-refractivity contribution in [2.45, 2.75) is 0 Å². The van der Waals surface area contributed by atoms with Crippen LogP contribution in [0.15, 0.2) is 231 Å². The van der Waals surface area contributed by atoms with Crippen LogP contribution >= 0.6 is 0 Å². The van der Waals surface area contributed by atoms with Crippen LogP contribution in [-0.2, 0) is 0 Å². The van der Waals surface area contributed by atoms with E-state index in [0.717, 1.165) is 33.5 Å². The number of hydrogen-bond acceptors (Lipinski definition) is 2. The Morgan fingerprint density at radius 2 is 0.758 bits per heavy atom. The Bertz CT molecular complexity index is 3660. The third kappa shape index (κ3) is 5.96. The van der Waals surface area contributed by atoms with E-state index >= 15 is 0 Å². The summed E-state index contributed by atoms with van der Waals surface area (Å²) in [5, 5.41) is 12.3. The summed E-state index contributed by atoms with van der Waals surface area (Å²) >= 11 is 0. The van der Waals surface area contributed by atoms with Gasteiger partial charge in [-0.05, 0) is 93.3 Å². The van der Waals surface area contributed by atoms with Gasteiger partial charge in [-0.15, -0.1) is 0 Å². The highest BCUT2D eigenvalue weighted by Crippen LogP contribution is 2.48. The lowest BCUT2D eigenvalue weighted by Crippen LogP contribution is -1.97. The van der Waals surface area contributed by atoms with E-state index in [4.69, 9.17) is 9.97 Å². The number of fused-ring (bicyclic) bond motifs is 6. The van der Waals surface area contributed by atoms with Crippen LogP contribution in [0.1, 0.15) is 0 Å². The second-order valence-electron chi connectivity index (χ2n) is 16.0. The minimum absolute atomic E-state index is 0.698. The number of aromatic nitrogens is 2. The van der Waals surface area contributed by atoms with Gasteiger partial charge < -0.3 is 0 Å². The summed E-state index contributed by atoms with van der Waals surface area (Å²) in [6, 6.07) is 83.0. The fraction of sp³-hybridized carbons (Fsp3) is 0. The molecule has 0 saturated heterocycles. The van der Waals surface area contributed by atoms with Crippen molar-refractivity contribution in [3.8, 4) is 67.3 Å². The first-order chi connectivity index (χ1) is 30.8. The zero-order chi connectivity index (χ0) is 41.0. The minimum Gasteiger partial charge on any atom is -0.228 e. The molecule has 0 spiro atoms. The first-order valence-electron chi connectivity index (χ1n) is 21.2. The van der Waals surface area contributed by atoms with Gasteiger partial charge in [0.15, 0.2) is 5.82 Å². The van der Waals surface area contributed by atoms with Gasteiger partial charge in [-0.2, -0.15) is 0 Å². The number of nitrogens with zero attached hydrogens (tertiary/aromatic N) is 2. The van der Waals surface area contributed by atoms with Crippen LogP contribution in [0.4, 0.5) is 0 Å². The van der Waals surface area contributed by atoms with Crippen molar-refractivity contribution in [3.63, 3.8) is 0 Å². The molecule has 0 unspecified atom stereocenters. The summed E-state index contributed by atoms with van der Waals surface area (Å²) < 4.78 is 0. The molecule has 1 aromatic heterocycles. The molecule has 12 aromatic rings. The second kappa shape index (κ2) is 14.8. The zero-order valence-electron chi connectivity index (χ0n) is 33.8. The Labute approximate surface area is 360 Å². The lowest BCUT2D eigenvalue weighted by Gasteiger charge is -2.21. The molecule has 0 bridgehead atoms. The lowest BCUT2D eigenvalue weighted by atomic mass is 9.82. The molecule has 288 valence electrons. The molecule has 0 aliphatic carbocycles. The molecule has 0 amide bonds. The van der Waals surface area contributed by atoms with Crippen molar-refractivity contribution in [1.82, 2.24) is 9.97 Å². The van der Waals surface area contributed by atoms with Gasteiger partial charge in [0, 0.05) is 16.7 Å². The standard InChI is InChI=1S/C60H38N2/c1-3-18-43(19-4-1)57-51-27-13-14-28-52(51)59(58-47-24-10-8-17-40(47)34-35-54(57)58)53-37-36-50(48-25-11-12-26-49(48)53)56-38-55(61-60(62-56)44-20-5-2-6-21-44)42-32-30-41(31-33-42)46-29-15-22-39-16-7-9-23-45(39)46/h1-38H. The van der Waals surface area contributed by atoms with E-state index in [2.05, 4.69) is 224 Å². The highest BCUT2D eigenvalue weighted by Gasteiger charge is 2.21. The molecule has 11 aromatic carbocycles. The summed E-state index contributed by atoms with van der Waals surface area (Å²) in [5.74, 6) is 0.698. The first-order valence-corrected chi connectivity index (χ1v) is 21.2. The fourth-order valence-electron chi connectivity index (χ4n) is 9.63. The van der Waals surface area contributed by atoms with Crippen molar-refractivity contribution in [2.75, 3.05) is 0 Å². The Hall–Kier alpha value is -8.20. The van der Waals surface area contributed by atoms with E-state index in [1.54, 1.807) is 0 Å². The predicted molar refractivity (Wildman–Crippen MR) is 262 cm³/mol. The van der Waals surface area contributed by atoms with Crippen LogP contribution in [0.25, 0.3) is 121 Å². The van der Waals surface area contributed by atoms with E-state index in [9.17, 15) is 0 Å². The van der Waals surface area contributed by atoms with Crippen molar-refractivity contribution in [3.05, 3.63) is 231 Å². The highest BCUT2D eigenvalue weighted by molar-refractivity contribution is 6.29. The summed E-state index contributed by atoms with van der Waals surface area (Å²) in [4.78, 5) is 10.5. The molecule has 0 aliphatic rings. The van der Waals surface area contributed by atoms with Crippen LogP contribution in [-0.4, -0.2) is 9.97 Å². The maximum atomic E-state index is 5.33. The summed E-state index contributed by atoms with van der Waals surface area (Å²) in [5.41, 5.74) is 12.2. The van der Waals surface area contributed by atoms with Crippen molar-refractivity contribution >= 4 is 53.9 Å². The molecular formula is C60H38N2. The van der Waals surface area contributed by atoms with E-state index in [1.807, 2.05) is 6.07 Å². The SMILES string of the molecule is c1ccc(-c2nc(-c3ccc(-c4cccc5ccccc45)cc3)cc(-c3ccc(-c4c5ccccc5c(-c5ccccc5)c5ccc6ccccc6c45)c4ccccc34)n2)cc1. The molecule has 2 nitrogen and oxygen atoms in total. The third-order valence-electron chi connectivity index (χ3n) is 12.5. The highest BCUT2D eigenvalue weighted by atomic mass is 14.9. The molecule has 0 fully saturated rings. The topological polar surface area (TPSA) is 25.8 Å². The van der Waals surface area contributed by atoms with Crippen molar-refractivity contribution in [1.29, 1.82) is 0 Å². The lowest BCUT2D eigenvalue weighted by molar-refractivity contribution is 1.18. The molecule has 0 atom stereocenters. The van der Waals surface area contributed by atoms with Gasteiger partial charge in [-0.3, -0.25) is 0 Å². The molecule has 0 N–H and O–H groups in total. The van der Waals surface area contributed by atoms with E-state index < -0.39 is 0 Å². The van der Waals surface area contributed by atoms with Crippen LogP contribution < -0.4 is 0 Å². The van der Waals surface area contributed by atoms with E-state index in [0.29, 0.717) is 5.82 Å². The monoisotopic (exact) mass is 786 g/mol. The summed E-state index contributed by atoms with van der Waals surface area (Å²) in [7, 11) is 0. The van der Waals surface area contributed by atoms with Gasteiger partial charge in [-0.1, -0.05) is 224 Å². The molecule has 1 heterocycles. The van der Waals surface area contributed by atoms with Gasteiger partial charge in [0.25, 0.3) is 0 Å². The van der Waals surface area contributed by atoms with Gasteiger partial charge >= 0.3 is 0 Å². The fourth-order valence-corrected chi connectivity index (χ4v) is 9.63. The molecule has 0 radical (unpaired) electrons. The smallest absolute Gasteiger partial charge is 0.160 e. The van der Waals surface area contributed by atoms with Crippen LogP contribution in [0.3, 0.4) is 0 Å². The molecule has 2 heteroatoms. The van der Waals surface area contributed by atoms with E-state index in [-0.39, 0.29) is 0 Å². The Morgan fingerprint density at radius 3 is 1.48 bits per heavy atom. The van der Waals surface area contributed by atoms with Crippen LogP contribution in [0.2, 0.25) is 0 Å². The number of rotatable bonds is 6. The maximum absolute atomic E-state index is 5.33. The van der Waals surface area contributed by atoms with Crippen molar-refractivity contribution < 1.29 is 0 Å². The Balaban J connectivity index is 1.08. The molecular weight excluding hydrogens is 749 g/mol. The second-order valence-corrected chi connectivity index (χ2v) is 16.0. The van der Waals surface area contributed by atoms with Crippen molar-refractivity contribution in [2.24, 2.45) is 0 Å². The first kappa shape index (κ1) is 35.7. The Kier molecular flexibility index (Phi) is 8.53. The number of benzene rings is 11. The van der Waals surface area contributed by atoms with Gasteiger partial charge in [-0.25, -0.2) is 9.97 Å². The van der Waals surface area contributed by atoms with Crippen LogP contribution in [0.5, 0.6) is 0 Å². The van der Waals surface area contributed by atoms with Gasteiger partial charge in [0.2, 0.25) is 0 Å². The number of hydrogen-bond donors (Lipinski definition) is 0. The summed E-state index contributed by atoms with van der Waals surface area (Å²) in [6.07, 6.45) is 0. The summed E-state index contributed by atoms with van der Waals surface area (Å²) in [6.45, 7) is 0. The Morgan fingerprint density at radius 1 is 0.242 bits per heavy atom. The third-order valence-corrected chi connectivity index (χ3v) is 12.5.